The molecular formula is C16H13ClN2O3S2. The van der Waals surface area contributed by atoms with Gasteiger partial charge in [0, 0.05) is 11.8 Å². The number of nitro groups is 1. The summed E-state index contributed by atoms with van der Waals surface area (Å²) in [5.41, 5.74) is 1.44. The van der Waals surface area contributed by atoms with Gasteiger partial charge in [-0.05, 0) is 31.2 Å². The minimum absolute atomic E-state index is 0.0368. The van der Waals surface area contributed by atoms with Crippen LogP contribution in [0, 0.1) is 10.1 Å². The average Bonchev–Trinajstić information content (AvgIpc) is 2.95. The highest BCUT2D eigenvalue weighted by Crippen LogP contribution is 2.36. The van der Waals surface area contributed by atoms with Crippen molar-refractivity contribution in [2.24, 2.45) is 0 Å². The lowest BCUT2D eigenvalue weighted by atomic mass is 10.2. The lowest BCUT2D eigenvalue weighted by molar-refractivity contribution is -0.385. The van der Waals surface area contributed by atoms with Crippen molar-refractivity contribution >= 4 is 50.6 Å². The molecule has 0 saturated heterocycles. The third-order valence-corrected chi connectivity index (χ3v) is 5.82. The van der Waals surface area contributed by atoms with E-state index in [4.69, 9.17) is 16.3 Å². The molecule has 2 aromatic carbocycles. The number of fused-ring (bicyclic) bond motifs is 1. The molecule has 0 aliphatic rings. The fraction of sp³-hybridized carbons (Fsp3) is 0.188. The third-order valence-electron chi connectivity index (χ3n) is 3.28. The van der Waals surface area contributed by atoms with Crippen LogP contribution in [0.4, 0.5) is 5.69 Å². The van der Waals surface area contributed by atoms with E-state index in [0.717, 1.165) is 20.3 Å². The lowest BCUT2D eigenvalue weighted by Crippen LogP contribution is -1.94. The van der Waals surface area contributed by atoms with Crippen molar-refractivity contribution in [3.8, 4) is 5.75 Å². The SMILES string of the molecule is CCOc1ccc2nc(SCc3c(Cl)cccc3[N+](=O)[O-])sc2c1. The summed E-state index contributed by atoms with van der Waals surface area (Å²) < 4.78 is 7.36. The van der Waals surface area contributed by atoms with Crippen LogP contribution < -0.4 is 4.74 Å². The predicted octanol–water partition coefficient (Wildman–Crippen LogP) is 5.55. The zero-order valence-corrected chi connectivity index (χ0v) is 15.1. The number of nitrogens with zero attached hydrogens (tertiary/aromatic N) is 2. The quantitative estimate of drug-likeness (QED) is 0.318. The lowest BCUT2D eigenvalue weighted by Gasteiger charge is -2.03. The van der Waals surface area contributed by atoms with Crippen LogP contribution in [0.25, 0.3) is 10.2 Å². The Bertz CT molecular complexity index is 898. The number of rotatable bonds is 6. The Morgan fingerprint density at radius 3 is 2.96 bits per heavy atom. The molecule has 0 N–H and O–H groups in total. The summed E-state index contributed by atoms with van der Waals surface area (Å²) in [4.78, 5) is 15.3. The molecule has 8 heteroatoms. The molecule has 0 spiro atoms. The van der Waals surface area contributed by atoms with E-state index in [9.17, 15) is 10.1 Å². The summed E-state index contributed by atoms with van der Waals surface area (Å²) in [6.45, 7) is 2.55. The van der Waals surface area contributed by atoms with Crippen molar-refractivity contribution in [3.63, 3.8) is 0 Å². The van der Waals surface area contributed by atoms with Crippen LogP contribution in [-0.2, 0) is 5.75 Å². The molecule has 0 bridgehead atoms. The first-order chi connectivity index (χ1) is 11.6. The molecule has 0 aliphatic heterocycles. The highest BCUT2D eigenvalue weighted by atomic mass is 35.5. The topological polar surface area (TPSA) is 65.3 Å². The molecular weight excluding hydrogens is 368 g/mol. The van der Waals surface area contributed by atoms with Crippen LogP contribution in [-0.4, -0.2) is 16.5 Å². The molecule has 124 valence electrons. The van der Waals surface area contributed by atoms with Crippen molar-refractivity contribution in [2.45, 2.75) is 17.0 Å². The molecule has 1 heterocycles. The standard InChI is InChI=1S/C16H13ClN2O3S2/c1-2-22-10-6-7-13-15(8-10)24-16(18-13)23-9-11-12(17)4-3-5-14(11)19(20)21/h3-8H,2,9H2,1H3. The highest BCUT2D eigenvalue weighted by molar-refractivity contribution is 8.00. The van der Waals surface area contributed by atoms with Gasteiger partial charge in [0.2, 0.25) is 0 Å². The van der Waals surface area contributed by atoms with Gasteiger partial charge in [0.25, 0.3) is 5.69 Å². The number of hydrogen-bond acceptors (Lipinski definition) is 6. The fourth-order valence-corrected chi connectivity index (χ4v) is 4.65. The molecule has 5 nitrogen and oxygen atoms in total. The first-order valence-corrected chi connectivity index (χ1v) is 9.34. The summed E-state index contributed by atoms with van der Waals surface area (Å²) in [5, 5.41) is 11.5. The van der Waals surface area contributed by atoms with E-state index in [-0.39, 0.29) is 5.69 Å². The number of hydrogen-bond donors (Lipinski definition) is 0. The number of thiazole rings is 1. The van der Waals surface area contributed by atoms with Gasteiger partial charge in [-0.1, -0.05) is 29.4 Å². The van der Waals surface area contributed by atoms with Gasteiger partial charge in [-0.2, -0.15) is 0 Å². The Kier molecular flexibility index (Phi) is 5.23. The van der Waals surface area contributed by atoms with Crippen LogP contribution in [0.5, 0.6) is 5.75 Å². The molecule has 0 atom stereocenters. The minimum Gasteiger partial charge on any atom is -0.494 e. The fourth-order valence-electron chi connectivity index (χ4n) is 2.20. The number of nitro benzene ring substituents is 1. The van der Waals surface area contributed by atoms with Gasteiger partial charge in [-0.15, -0.1) is 11.3 Å². The minimum atomic E-state index is -0.408. The van der Waals surface area contributed by atoms with Crippen molar-refractivity contribution in [1.82, 2.24) is 4.98 Å². The summed E-state index contributed by atoms with van der Waals surface area (Å²) in [6, 6.07) is 10.5. The van der Waals surface area contributed by atoms with Crippen molar-refractivity contribution in [3.05, 3.63) is 57.1 Å². The summed E-state index contributed by atoms with van der Waals surface area (Å²) >= 11 is 9.10. The molecule has 3 aromatic rings. The zero-order chi connectivity index (χ0) is 17.1. The van der Waals surface area contributed by atoms with Crippen molar-refractivity contribution in [2.75, 3.05) is 6.61 Å². The Hall–Kier alpha value is -1.83. The molecule has 0 unspecified atom stereocenters. The van der Waals surface area contributed by atoms with E-state index in [2.05, 4.69) is 4.98 Å². The molecule has 0 fully saturated rings. The Labute approximate surface area is 151 Å². The molecule has 24 heavy (non-hydrogen) atoms. The van der Waals surface area contributed by atoms with E-state index in [1.54, 1.807) is 12.1 Å². The molecule has 1 aromatic heterocycles. The van der Waals surface area contributed by atoms with Crippen LogP contribution in [0.2, 0.25) is 5.02 Å². The van der Waals surface area contributed by atoms with E-state index >= 15 is 0 Å². The van der Waals surface area contributed by atoms with E-state index in [1.165, 1.54) is 29.2 Å². The summed E-state index contributed by atoms with van der Waals surface area (Å²) in [5.74, 6) is 1.21. The van der Waals surface area contributed by atoms with Gasteiger partial charge in [0.15, 0.2) is 4.34 Å². The molecule has 3 rings (SSSR count). The number of ether oxygens (including phenoxy) is 1. The zero-order valence-electron chi connectivity index (χ0n) is 12.7. The number of halogens is 1. The number of aromatic nitrogens is 1. The molecule has 0 aliphatic carbocycles. The van der Waals surface area contributed by atoms with Crippen LogP contribution in [0.1, 0.15) is 12.5 Å². The normalized spacial score (nSPS) is 10.9. The second-order valence-corrected chi connectivity index (χ2v) is 7.49. The van der Waals surface area contributed by atoms with Crippen molar-refractivity contribution in [1.29, 1.82) is 0 Å². The second-order valence-electron chi connectivity index (χ2n) is 4.83. The maximum atomic E-state index is 11.1. The monoisotopic (exact) mass is 380 g/mol. The Balaban J connectivity index is 1.82. The Morgan fingerprint density at radius 1 is 1.38 bits per heavy atom. The first kappa shape index (κ1) is 17.0. The number of benzene rings is 2. The molecule has 0 amide bonds. The predicted molar refractivity (Wildman–Crippen MR) is 98.5 cm³/mol. The van der Waals surface area contributed by atoms with Gasteiger partial charge in [0.1, 0.15) is 5.75 Å². The largest absolute Gasteiger partial charge is 0.494 e. The molecule has 0 saturated carbocycles. The van der Waals surface area contributed by atoms with Gasteiger partial charge in [0.05, 0.1) is 32.3 Å². The van der Waals surface area contributed by atoms with Gasteiger partial charge in [-0.25, -0.2) is 4.98 Å². The van der Waals surface area contributed by atoms with Gasteiger partial charge < -0.3 is 4.74 Å². The van der Waals surface area contributed by atoms with E-state index in [0.29, 0.717) is 22.9 Å². The van der Waals surface area contributed by atoms with Crippen molar-refractivity contribution < 1.29 is 9.66 Å². The third kappa shape index (κ3) is 3.63. The first-order valence-electron chi connectivity index (χ1n) is 7.16. The number of thioether (sulfide) groups is 1. The van der Waals surface area contributed by atoms with E-state index in [1.807, 2.05) is 25.1 Å². The average molecular weight is 381 g/mol. The van der Waals surface area contributed by atoms with Gasteiger partial charge >= 0.3 is 0 Å². The Morgan fingerprint density at radius 2 is 2.21 bits per heavy atom. The second kappa shape index (κ2) is 7.38. The summed E-state index contributed by atoms with van der Waals surface area (Å²) in [6.07, 6.45) is 0. The van der Waals surface area contributed by atoms with Crippen LogP contribution in [0.3, 0.4) is 0 Å². The maximum absolute atomic E-state index is 11.1. The van der Waals surface area contributed by atoms with Gasteiger partial charge in [-0.3, -0.25) is 10.1 Å². The smallest absolute Gasteiger partial charge is 0.274 e. The molecule has 0 radical (unpaired) electrons. The van der Waals surface area contributed by atoms with E-state index < -0.39 is 4.92 Å². The maximum Gasteiger partial charge on any atom is 0.274 e. The van der Waals surface area contributed by atoms with Crippen LogP contribution in [0.15, 0.2) is 40.7 Å². The van der Waals surface area contributed by atoms with Crippen LogP contribution >= 0.6 is 34.7 Å². The highest BCUT2D eigenvalue weighted by Gasteiger charge is 2.17. The summed E-state index contributed by atoms with van der Waals surface area (Å²) in [7, 11) is 0.